The van der Waals surface area contributed by atoms with Gasteiger partial charge >= 0.3 is 0 Å². The smallest absolute Gasteiger partial charge is 0.127 e. The molecular formula is C15H12Br2FNO. The second-order valence-corrected chi connectivity index (χ2v) is 6.57. The van der Waals surface area contributed by atoms with Crippen LogP contribution in [-0.2, 0) is 0 Å². The summed E-state index contributed by atoms with van der Waals surface area (Å²) in [6.45, 7) is 0. The molecular weight excluding hydrogens is 389 g/mol. The van der Waals surface area contributed by atoms with Crippen molar-refractivity contribution < 1.29 is 9.13 Å². The van der Waals surface area contributed by atoms with Gasteiger partial charge in [-0.1, -0.05) is 31.9 Å². The highest BCUT2D eigenvalue weighted by Gasteiger charge is 2.28. The zero-order valence-corrected chi connectivity index (χ0v) is 13.6. The number of rotatable bonds is 1. The van der Waals surface area contributed by atoms with Gasteiger partial charge in [-0.05, 0) is 36.4 Å². The number of fused-ring (bicyclic) bond motifs is 1. The summed E-state index contributed by atoms with van der Waals surface area (Å²) in [4.78, 5) is 0. The Balaban J connectivity index is 1.99. The van der Waals surface area contributed by atoms with Gasteiger partial charge in [0.1, 0.15) is 17.7 Å². The fraction of sp³-hybridized carbons (Fsp3) is 0.200. The van der Waals surface area contributed by atoms with Gasteiger partial charge in [0.05, 0.1) is 0 Å². The van der Waals surface area contributed by atoms with Crippen LogP contribution in [0.2, 0.25) is 0 Å². The zero-order valence-electron chi connectivity index (χ0n) is 10.4. The molecule has 0 amide bonds. The summed E-state index contributed by atoms with van der Waals surface area (Å²) in [6.07, 6.45) is 0.370. The summed E-state index contributed by atoms with van der Waals surface area (Å²) in [7, 11) is 0. The van der Waals surface area contributed by atoms with Gasteiger partial charge in [0, 0.05) is 32.5 Å². The molecule has 1 aliphatic rings. The first-order chi connectivity index (χ1) is 9.54. The molecule has 20 heavy (non-hydrogen) atoms. The van der Waals surface area contributed by atoms with Crippen molar-refractivity contribution in [2.45, 2.75) is 18.6 Å². The van der Waals surface area contributed by atoms with E-state index < -0.39 is 0 Å². The summed E-state index contributed by atoms with van der Waals surface area (Å²) >= 11 is 6.87. The molecule has 2 aromatic rings. The van der Waals surface area contributed by atoms with Crippen LogP contribution < -0.4 is 10.5 Å². The highest BCUT2D eigenvalue weighted by molar-refractivity contribution is 9.10. The van der Waals surface area contributed by atoms with Crippen LogP contribution in [0.5, 0.6) is 5.75 Å². The molecule has 0 aromatic heterocycles. The van der Waals surface area contributed by atoms with Crippen molar-refractivity contribution in [2.75, 3.05) is 0 Å². The van der Waals surface area contributed by atoms with Crippen molar-refractivity contribution in [1.29, 1.82) is 0 Å². The van der Waals surface area contributed by atoms with Crippen LogP contribution in [-0.4, -0.2) is 0 Å². The lowest BCUT2D eigenvalue weighted by Crippen LogP contribution is -2.24. The van der Waals surface area contributed by atoms with Crippen molar-refractivity contribution in [1.82, 2.24) is 0 Å². The van der Waals surface area contributed by atoms with E-state index in [-0.39, 0.29) is 18.0 Å². The molecule has 1 aliphatic heterocycles. The van der Waals surface area contributed by atoms with Gasteiger partial charge in [-0.25, -0.2) is 4.39 Å². The van der Waals surface area contributed by atoms with Gasteiger partial charge in [-0.2, -0.15) is 0 Å². The Morgan fingerprint density at radius 3 is 2.70 bits per heavy atom. The van der Waals surface area contributed by atoms with Gasteiger partial charge in [-0.15, -0.1) is 0 Å². The second-order valence-electron chi connectivity index (χ2n) is 4.80. The van der Waals surface area contributed by atoms with Crippen LogP contribution in [0.3, 0.4) is 0 Å². The first kappa shape index (κ1) is 14.0. The SMILES string of the molecule is N[C@@H]1CC(c2cc(F)ccc2Br)Oc2ccc(Br)cc21. The standard InChI is InChI=1S/C15H12Br2FNO/c16-8-1-4-14-11(5-8)13(19)7-15(20-14)10-6-9(18)2-3-12(10)17/h1-6,13,15H,7,19H2/t13-,15?/m1/s1. The maximum atomic E-state index is 13.4. The Hall–Kier alpha value is -0.910. The van der Waals surface area contributed by atoms with E-state index in [0.717, 1.165) is 25.8 Å². The van der Waals surface area contributed by atoms with Gasteiger partial charge in [0.2, 0.25) is 0 Å². The first-order valence-corrected chi connectivity index (χ1v) is 7.80. The highest BCUT2D eigenvalue weighted by atomic mass is 79.9. The molecule has 3 rings (SSSR count). The van der Waals surface area contributed by atoms with Crippen molar-refractivity contribution >= 4 is 31.9 Å². The Morgan fingerprint density at radius 2 is 1.90 bits per heavy atom. The summed E-state index contributed by atoms with van der Waals surface area (Å²) in [5, 5.41) is 0. The molecule has 2 N–H and O–H groups in total. The van der Waals surface area contributed by atoms with Crippen molar-refractivity contribution in [3.63, 3.8) is 0 Å². The Morgan fingerprint density at radius 1 is 1.10 bits per heavy atom. The van der Waals surface area contributed by atoms with E-state index in [0.29, 0.717) is 6.42 Å². The van der Waals surface area contributed by atoms with Gasteiger partial charge in [-0.3, -0.25) is 0 Å². The molecule has 5 heteroatoms. The average Bonchev–Trinajstić information content (AvgIpc) is 2.42. The van der Waals surface area contributed by atoms with E-state index in [2.05, 4.69) is 31.9 Å². The van der Waals surface area contributed by atoms with Crippen molar-refractivity contribution in [3.05, 3.63) is 62.3 Å². The van der Waals surface area contributed by atoms with Crippen LogP contribution in [0, 0.1) is 5.82 Å². The molecule has 0 spiro atoms. The van der Waals surface area contributed by atoms with Gasteiger partial charge < -0.3 is 10.5 Å². The minimum absolute atomic E-state index is 0.128. The fourth-order valence-electron chi connectivity index (χ4n) is 2.43. The van der Waals surface area contributed by atoms with Crippen LogP contribution in [0.1, 0.15) is 29.7 Å². The maximum Gasteiger partial charge on any atom is 0.127 e. The average molecular weight is 401 g/mol. The molecule has 2 atom stereocenters. The predicted molar refractivity (Wildman–Crippen MR) is 83.2 cm³/mol. The minimum atomic E-state index is -0.276. The topological polar surface area (TPSA) is 35.2 Å². The third kappa shape index (κ3) is 2.62. The Kier molecular flexibility index (Phi) is 3.84. The normalized spacial score (nSPS) is 21.2. The van der Waals surface area contributed by atoms with E-state index in [9.17, 15) is 4.39 Å². The lowest BCUT2D eigenvalue weighted by atomic mass is 9.93. The molecule has 0 radical (unpaired) electrons. The first-order valence-electron chi connectivity index (χ1n) is 6.21. The quantitative estimate of drug-likeness (QED) is 0.740. The summed E-state index contributed by atoms with van der Waals surface area (Å²) < 4.78 is 21.2. The van der Waals surface area contributed by atoms with E-state index in [1.807, 2.05) is 18.2 Å². The molecule has 2 aromatic carbocycles. The zero-order chi connectivity index (χ0) is 14.3. The molecule has 1 unspecified atom stereocenters. The van der Waals surface area contributed by atoms with Crippen LogP contribution in [0.15, 0.2) is 45.3 Å². The van der Waals surface area contributed by atoms with Gasteiger partial charge in [0.15, 0.2) is 0 Å². The third-order valence-electron chi connectivity index (χ3n) is 3.41. The maximum absolute atomic E-state index is 13.4. The summed E-state index contributed by atoms with van der Waals surface area (Å²) in [6, 6.07) is 10.2. The molecule has 0 aliphatic carbocycles. The third-order valence-corrected chi connectivity index (χ3v) is 4.63. The van der Waals surface area contributed by atoms with Crippen LogP contribution in [0.25, 0.3) is 0 Å². The monoisotopic (exact) mass is 399 g/mol. The lowest BCUT2D eigenvalue weighted by molar-refractivity contribution is 0.160. The Bertz CT molecular complexity index is 662. The highest BCUT2D eigenvalue weighted by Crippen LogP contribution is 2.42. The predicted octanol–water partition coefficient (Wildman–Crippen LogP) is 4.87. The summed E-state index contributed by atoms with van der Waals surface area (Å²) in [5.41, 5.74) is 7.98. The number of halogens is 3. The molecule has 0 saturated carbocycles. The molecule has 0 bridgehead atoms. The fourth-order valence-corrected chi connectivity index (χ4v) is 3.31. The molecule has 104 valence electrons. The van der Waals surface area contributed by atoms with E-state index in [4.69, 9.17) is 10.5 Å². The number of nitrogens with two attached hydrogens (primary N) is 1. The number of hydrogen-bond acceptors (Lipinski definition) is 2. The van der Waals surface area contributed by atoms with E-state index >= 15 is 0 Å². The number of ether oxygens (including phenoxy) is 1. The van der Waals surface area contributed by atoms with Crippen molar-refractivity contribution in [2.24, 2.45) is 5.73 Å². The van der Waals surface area contributed by atoms with Crippen LogP contribution >= 0.6 is 31.9 Å². The Labute approximate surface area is 133 Å². The van der Waals surface area contributed by atoms with E-state index in [1.165, 1.54) is 12.1 Å². The molecule has 1 heterocycles. The summed E-state index contributed by atoms with van der Waals surface area (Å²) in [5.74, 6) is 0.482. The number of benzene rings is 2. The lowest BCUT2D eigenvalue weighted by Gasteiger charge is -2.31. The van der Waals surface area contributed by atoms with Crippen molar-refractivity contribution in [3.8, 4) is 5.75 Å². The minimum Gasteiger partial charge on any atom is -0.485 e. The van der Waals surface area contributed by atoms with Gasteiger partial charge in [0.25, 0.3) is 0 Å². The number of hydrogen-bond donors (Lipinski definition) is 1. The molecule has 0 fully saturated rings. The second kappa shape index (κ2) is 5.47. The molecule has 2 nitrogen and oxygen atoms in total. The molecule has 0 saturated heterocycles. The van der Waals surface area contributed by atoms with Crippen LogP contribution in [0.4, 0.5) is 4.39 Å². The largest absolute Gasteiger partial charge is 0.485 e. The van der Waals surface area contributed by atoms with E-state index in [1.54, 1.807) is 6.07 Å².